The molecule has 2 aromatic rings. The third kappa shape index (κ3) is 6.93. The van der Waals surface area contributed by atoms with Crippen molar-refractivity contribution < 1.29 is 9.90 Å². The summed E-state index contributed by atoms with van der Waals surface area (Å²) in [7, 11) is 0. The molecule has 0 unspecified atom stereocenters. The van der Waals surface area contributed by atoms with E-state index in [-0.39, 0.29) is 5.54 Å². The summed E-state index contributed by atoms with van der Waals surface area (Å²) in [6.07, 6.45) is 3.73. The molecular weight excluding hydrogens is 314 g/mol. The fraction of sp³-hybridized carbons (Fsp3) is 0.400. The topological polar surface area (TPSA) is 74.2 Å². The summed E-state index contributed by atoms with van der Waals surface area (Å²) in [6.45, 7) is 8.09. The van der Waals surface area contributed by atoms with Gasteiger partial charge in [0, 0.05) is 11.7 Å². The second-order valence-electron chi connectivity index (χ2n) is 7.18. The zero-order valence-electron chi connectivity index (χ0n) is 15.2. The van der Waals surface area contributed by atoms with Gasteiger partial charge in [0.05, 0.1) is 5.56 Å². The van der Waals surface area contributed by atoms with Crippen LogP contribution in [0.2, 0.25) is 0 Å². The van der Waals surface area contributed by atoms with E-state index in [2.05, 4.69) is 42.5 Å². The number of carboxylic acids is 1. The molecule has 0 radical (unpaired) electrons. The van der Waals surface area contributed by atoms with Crippen molar-refractivity contribution in [3.63, 3.8) is 0 Å². The standard InChI is InChI=1S/C20H27N3O2/c1-20(2,3)23-18-9-6-16(14-22-18)11-13-21-12-10-15-4-7-17(8-5-15)19(24)25/h4-9,14,21H,10-13H2,1-3H3,(H,22,23)(H,24,25). The molecule has 5 nitrogen and oxygen atoms in total. The van der Waals surface area contributed by atoms with Crippen LogP contribution in [-0.4, -0.2) is 34.7 Å². The van der Waals surface area contributed by atoms with Gasteiger partial charge in [-0.25, -0.2) is 9.78 Å². The monoisotopic (exact) mass is 341 g/mol. The van der Waals surface area contributed by atoms with E-state index in [9.17, 15) is 4.79 Å². The maximum atomic E-state index is 10.8. The number of carbonyl (C=O) groups is 1. The van der Waals surface area contributed by atoms with Crippen molar-refractivity contribution in [3.05, 3.63) is 59.3 Å². The Morgan fingerprint density at radius 1 is 1.00 bits per heavy atom. The van der Waals surface area contributed by atoms with Crippen LogP contribution in [0.15, 0.2) is 42.6 Å². The highest BCUT2D eigenvalue weighted by Crippen LogP contribution is 2.12. The van der Waals surface area contributed by atoms with Gasteiger partial charge in [-0.2, -0.15) is 0 Å². The van der Waals surface area contributed by atoms with Gasteiger partial charge in [-0.1, -0.05) is 18.2 Å². The Morgan fingerprint density at radius 2 is 1.60 bits per heavy atom. The Morgan fingerprint density at radius 3 is 2.12 bits per heavy atom. The number of aromatic nitrogens is 1. The molecule has 0 amide bonds. The molecule has 134 valence electrons. The lowest BCUT2D eigenvalue weighted by Crippen LogP contribution is -2.26. The van der Waals surface area contributed by atoms with Gasteiger partial charge in [-0.15, -0.1) is 0 Å². The van der Waals surface area contributed by atoms with E-state index in [1.165, 1.54) is 5.56 Å². The Hall–Kier alpha value is -2.40. The van der Waals surface area contributed by atoms with E-state index in [1.54, 1.807) is 12.1 Å². The minimum absolute atomic E-state index is 0.0126. The van der Waals surface area contributed by atoms with Crippen molar-refractivity contribution in [2.75, 3.05) is 18.4 Å². The molecule has 0 saturated heterocycles. The molecule has 0 aliphatic carbocycles. The summed E-state index contributed by atoms with van der Waals surface area (Å²) in [5.41, 5.74) is 2.68. The maximum absolute atomic E-state index is 10.8. The highest BCUT2D eigenvalue weighted by molar-refractivity contribution is 5.87. The summed E-state index contributed by atoms with van der Waals surface area (Å²) in [5.74, 6) is 0.0102. The molecule has 0 fully saturated rings. The number of carboxylic acid groups (broad SMARTS) is 1. The van der Waals surface area contributed by atoms with Crippen molar-refractivity contribution in [2.45, 2.75) is 39.2 Å². The van der Waals surface area contributed by atoms with Gasteiger partial charge in [0.1, 0.15) is 5.82 Å². The minimum atomic E-state index is -0.887. The molecule has 0 spiro atoms. The molecule has 0 aliphatic heterocycles. The van der Waals surface area contributed by atoms with Crippen molar-refractivity contribution in [2.24, 2.45) is 0 Å². The normalized spacial score (nSPS) is 11.3. The van der Waals surface area contributed by atoms with Gasteiger partial charge < -0.3 is 15.7 Å². The predicted molar refractivity (Wildman–Crippen MR) is 101 cm³/mol. The summed E-state index contributed by atoms with van der Waals surface area (Å²) >= 11 is 0. The number of nitrogens with zero attached hydrogens (tertiary/aromatic N) is 1. The third-order valence-electron chi connectivity index (χ3n) is 3.71. The second-order valence-corrected chi connectivity index (χ2v) is 7.18. The fourth-order valence-electron chi connectivity index (χ4n) is 2.43. The molecule has 5 heteroatoms. The molecule has 0 atom stereocenters. The van der Waals surface area contributed by atoms with Crippen LogP contribution in [0.5, 0.6) is 0 Å². The first-order valence-corrected chi connectivity index (χ1v) is 8.59. The Labute approximate surface area is 149 Å². The number of benzene rings is 1. The number of anilines is 1. The van der Waals surface area contributed by atoms with E-state index in [1.807, 2.05) is 24.4 Å². The Balaban J connectivity index is 1.68. The van der Waals surface area contributed by atoms with Gasteiger partial charge in [-0.3, -0.25) is 0 Å². The Bertz CT molecular complexity index is 674. The van der Waals surface area contributed by atoms with E-state index < -0.39 is 5.97 Å². The minimum Gasteiger partial charge on any atom is -0.478 e. The molecule has 1 aromatic carbocycles. The largest absolute Gasteiger partial charge is 0.478 e. The number of rotatable bonds is 8. The van der Waals surface area contributed by atoms with Gasteiger partial charge >= 0.3 is 5.97 Å². The fourth-order valence-corrected chi connectivity index (χ4v) is 2.43. The summed E-state index contributed by atoms with van der Waals surface area (Å²) in [6, 6.07) is 11.2. The molecule has 1 aromatic heterocycles. The van der Waals surface area contributed by atoms with Gasteiger partial charge in [0.2, 0.25) is 0 Å². The summed E-state index contributed by atoms with van der Waals surface area (Å²) in [5, 5.41) is 15.6. The van der Waals surface area contributed by atoms with E-state index >= 15 is 0 Å². The quantitative estimate of drug-likeness (QED) is 0.642. The van der Waals surface area contributed by atoms with E-state index in [0.717, 1.165) is 37.3 Å². The zero-order chi connectivity index (χ0) is 18.3. The number of hydrogen-bond donors (Lipinski definition) is 3. The van der Waals surface area contributed by atoms with Gasteiger partial charge in [0.15, 0.2) is 0 Å². The first-order chi connectivity index (χ1) is 11.8. The van der Waals surface area contributed by atoms with Crippen LogP contribution in [-0.2, 0) is 12.8 Å². The van der Waals surface area contributed by atoms with Crippen molar-refractivity contribution in [1.82, 2.24) is 10.3 Å². The molecule has 0 bridgehead atoms. The van der Waals surface area contributed by atoms with Crippen LogP contribution < -0.4 is 10.6 Å². The lowest BCUT2D eigenvalue weighted by atomic mass is 10.1. The molecule has 0 aliphatic rings. The van der Waals surface area contributed by atoms with E-state index in [0.29, 0.717) is 5.56 Å². The van der Waals surface area contributed by atoms with Crippen LogP contribution in [0.4, 0.5) is 5.82 Å². The van der Waals surface area contributed by atoms with Gasteiger partial charge in [-0.05, 0) is 76.0 Å². The first-order valence-electron chi connectivity index (χ1n) is 8.59. The Kier molecular flexibility index (Phi) is 6.53. The average molecular weight is 341 g/mol. The SMILES string of the molecule is CC(C)(C)Nc1ccc(CCNCCc2ccc(C(=O)O)cc2)cn1. The second kappa shape index (κ2) is 8.62. The molecule has 2 rings (SSSR count). The molecule has 1 heterocycles. The number of pyridine rings is 1. The van der Waals surface area contributed by atoms with Crippen molar-refractivity contribution in [3.8, 4) is 0 Å². The van der Waals surface area contributed by atoms with Crippen molar-refractivity contribution >= 4 is 11.8 Å². The van der Waals surface area contributed by atoms with E-state index in [4.69, 9.17) is 5.11 Å². The third-order valence-corrected chi connectivity index (χ3v) is 3.71. The summed E-state index contributed by atoms with van der Waals surface area (Å²) in [4.78, 5) is 15.3. The molecular formula is C20H27N3O2. The van der Waals surface area contributed by atoms with Crippen LogP contribution in [0.1, 0.15) is 42.3 Å². The number of hydrogen-bond acceptors (Lipinski definition) is 4. The lowest BCUT2D eigenvalue weighted by Gasteiger charge is -2.21. The zero-order valence-corrected chi connectivity index (χ0v) is 15.2. The highest BCUT2D eigenvalue weighted by Gasteiger charge is 2.09. The molecule has 0 saturated carbocycles. The van der Waals surface area contributed by atoms with Crippen LogP contribution in [0.25, 0.3) is 0 Å². The molecule has 3 N–H and O–H groups in total. The average Bonchev–Trinajstić information content (AvgIpc) is 2.55. The van der Waals surface area contributed by atoms with Crippen LogP contribution >= 0.6 is 0 Å². The smallest absolute Gasteiger partial charge is 0.335 e. The predicted octanol–water partition coefficient (Wildman–Crippen LogP) is 3.37. The first kappa shape index (κ1) is 18.9. The van der Waals surface area contributed by atoms with Crippen molar-refractivity contribution in [1.29, 1.82) is 0 Å². The highest BCUT2D eigenvalue weighted by atomic mass is 16.4. The lowest BCUT2D eigenvalue weighted by molar-refractivity contribution is 0.0697. The number of nitrogens with one attached hydrogen (secondary N) is 2. The van der Waals surface area contributed by atoms with Gasteiger partial charge in [0.25, 0.3) is 0 Å². The summed E-state index contributed by atoms with van der Waals surface area (Å²) < 4.78 is 0. The number of aromatic carboxylic acids is 1. The van der Waals surface area contributed by atoms with Crippen LogP contribution in [0, 0.1) is 0 Å². The van der Waals surface area contributed by atoms with Crippen LogP contribution in [0.3, 0.4) is 0 Å². The maximum Gasteiger partial charge on any atom is 0.335 e. The molecule has 25 heavy (non-hydrogen) atoms.